The van der Waals surface area contributed by atoms with Crippen molar-refractivity contribution in [1.82, 2.24) is 0 Å². The summed E-state index contributed by atoms with van der Waals surface area (Å²) in [6, 6.07) is 0. The first-order valence-corrected chi connectivity index (χ1v) is 4.57. The fraction of sp³-hybridized carbons (Fsp3) is 0.625. The second-order valence-electron chi connectivity index (χ2n) is 2.20. The Morgan fingerprint density at radius 2 is 2.36 bits per heavy atom. The molecular formula is C8H13BrO2. The van der Waals surface area contributed by atoms with Crippen molar-refractivity contribution in [2.75, 3.05) is 6.61 Å². The summed E-state index contributed by atoms with van der Waals surface area (Å²) in [5, 5.41) is 0. The second kappa shape index (κ2) is 6.40. The molecule has 0 saturated carbocycles. The van der Waals surface area contributed by atoms with Gasteiger partial charge in [-0.15, -0.1) is 0 Å². The first-order valence-electron chi connectivity index (χ1n) is 3.65. The van der Waals surface area contributed by atoms with Crippen LogP contribution >= 0.6 is 15.9 Å². The van der Waals surface area contributed by atoms with Crippen LogP contribution in [0.2, 0.25) is 0 Å². The van der Waals surface area contributed by atoms with Gasteiger partial charge in [0.25, 0.3) is 0 Å². The summed E-state index contributed by atoms with van der Waals surface area (Å²) in [6.45, 7) is 4.40. The van der Waals surface area contributed by atoms with E-state index in [9.17, 15) is 4.79 Å². The van der Waals surface area contributed by atoms with Crippen molar-refractivity contribution < 1.29 is 9.53 Å². The Hall–Kier alpha value is -0.310. The van der Waals surface area contributed by atoms with Crippen LogP contribution in [0.5, 0.6) is 0 Å². The van der Waals surface area contributed by atoms with E-state index in [1.54, 1.807) is 6.08 Å². The zero-order valence-corrected chi connectivity index (χ0v) is 8.43. The van der Waals surface area contributed by atoms with Gasteiger partial charge in [-0.3, -0.25) is 0 Å². The van der Waals surface area contributed by atoms with Crippen LogP contribution in [0, 0.1) is 0 Å². The van der Waals surface area contributed by atoms with Gasteiger partial charge in [0.05, 0.1) is 6.61 Å². The minimum absolute atomic E-state index is 0.219. The average molecular weight is 221 g/mol. The molecule has 1 unspecified atom stereocenters. The molecule has 3 heteroatoms. The van der Waals surface area contributed by atoms with Gasteiger partial charge in [0.1, 0.15) is 0 Å². The van der Waals surface area contributed by atoms with E-state index < -0.39 is 0 Å². The third kappa shape index (κ3) is 7.59. The third-order valence-corrected chi connectivity index (χ3v) is 1.25. The number of ether oxygens (including phenoxy) is 1. The summed E-state index contributed by atoms with van der Waals surface area (Å²) in [5.41, 5.74) is 0. The Labute approximate surface area is 75.7 Å². The largest absolute Gasteiger partial charge is 0.463 e. The number of allylic oxidation sites excluding steroid dienone is 1. The minimum Gasteiger partial charge on any atom is -0.463 e. The van der Waals surface area contributed by atoms with Crippen LogP contribution in [0.25, 0.3) is 0 Å². The van der Waals surface area contributed by atoms with Crippen LogP contribution in [0.4, 0.5) is 0 Å². The quantitative estimate of drug-likeness (QED) is 0.413. The number of carbonyl (C=O) groups is 1. The maximum Gasteiger partial charge on any atom is 0.330 e. The molecular weight excluding hydrogens is 208 g/mol. The molecule has 0 bridgehead atoms. The van der Waals surface area contributed by atoms with Crippen LogP contribution in [-0.4, -0.2) is 17.4 Å². The summed E-state index contributed by atoms with van der Waals surface area (Å²) in [4.78, 5) is 11.0. The smallest absolute Gasteiger partial charge is 0.330 e. The highest BCUT2D eigenvalue weighted by atomic mass is 79.9. The summed E-state index contributed by atoms with van der Waals surface area (Å²) < 4.78 is 4.80. The maximum atomic E-state index is 10.8. The van der Waals surface area contributed by atoms with E-state index in [1.165, 1.54) is 6.08 Å². The monoisotopic (exact) mass is 220 g/mol. The van der Waals surface area contributed by atoms with Gasteiger partial charge in [0, 0.05) is 10.9 Å². The number of alkyl halides is 1. The van der Waals surface area contributed by atoms with Crippen molar-refractivity contribution in [3.8, 4) is 0 Å². The van der Waals surface area contributed by atoms with Crippen molar-refractivity contribution in [2.24, 2.45) is 0 Å². The van der Waals surface area contributed by atoms with Crippen molar-refractivity contribution in [2.45, 2.75) is 25.1 Å². The summed E-state index contributed by atoms with van der Waals surface area (Å²) >= 11 is 3.28. The number of halogens is 1. The minimum atomic E-state index is -0.266. The molecule has 0 aromatic rings. The second-order valence-corrected chi connectivity index (χ2v) is 3.65. The van der Waals surface area contributed by atoms with Crippen molar-refractivity contribution >= 4 is 21.9 Å². The van der Waals surface area contributed by atoms with E-state index in [0.29, 0.717) is 6.61 Å². The molecule has 0 heterocycles. The number of esters is 1. The van der Waals surface area contributed by atoms with Gasteiger partial charge in [0.2, 0.25) is 0 Å². The number of carbonyl (C=O) groups excluding carboxylic acids is 1. The van der Waals surface area contributed by atoms with Crippen LogP contribution in [-0.2, 0) is 9.53 Å². The van der Waals surface area contributed by atoms with E-state index in [0.717, 1.165) is 6.42 Å². The molecule has 0 amide bonds. The molecule has 1 atom stereocenters. The highest BCUT2D eigenvalue weighted by Crippen LogP contribution is 1.98. The topological polar surface area (TPSA) is 26.3 Å². The van der Waals surface area contributed by atoms with E-state index >= 15 is 0 Å². The zero-order valence-electron chi connectivity index (χ0n) is 6.84. The summed E-state index contributed by atoms with van der Waals surface area (Å²) in [7, 11) is 0. The molecule has 0 aliphatic rings. The fourth-order valence-corrected chi connectivity index (χ4v) is 0.615. The van der Waals surface area contributed by atoms with Gasteiger partial charge >= 0.3 is 5.97 Å². The molecule has 11 heavy (non-hydrogen) atoms. The Morgan fingerprint density at radius 1 is 1.73 bits per heavy atom. The first kappa shape index (κ1) is 10.7. The lowest BCUT2D eigenvalue weighted by molar-refractivity contribution is -0.137. The Bertz CT molecular complexity index is 141. The van der Waals surface area contributed by atoms with Crippen LogP contribution in [0.3, 0.4) is 0 Å². The van der Waals surface area contributed by atoms with Crippen molar-refractivity contribution in [3.05, 3.63) is 12.2 Å². The van der Waals surface area contributed by atoms with Gasteiger partial charge in [-0.05, 0) is 13.3 Å². The molecule has 0 spiro atoms. The third-order valence-electron chi connectivity index (χ3n) is 0.946. The molecule has 0 rings (SSSR count). The predicted molar refractivity (Wildman–Crippen MR) is 48.8 cm³/mol. The van der Waals surface area contributed by atoms with Gasteiger partial charge in [-0.25, -0.2) is 4.79 Å². The first-order chi connectivity index (χ1) is 5.16. The highest BCUT2D eigenvalue weighted by molar-refractivity contribution is 9.09. The lowest BCUT2D eigenvalue weighted by Crippen LogP contribution is -2.01. The summed E-state index contributed by atoms with van der Waals surface area (Å²) in [5.74, 6) is -0.266. The van der Waals surface area contributed by atoms with Crippen LogP contribution in [0.1, 0.15) is 20.3 Å². The zero-order chi connectivity index (χ0) is 8.69. The highest BCUT2D eigenvalue weighted by Gasteiger charge is 1.95. The SMILES string of the molecule is CCCOC(=O)/C=C/C(C)Br. The van der Waals surface area contributed by atoms with Gasteiger partial charge in [0.15, 0.2) is 0 Å². The van der Waals surface area contributed by atoms with E-state index in [1.807, 2.05) is 13.8 Å². The van der Waals surface area contributed by atoms with Gasteiger partial charge in [-0.1, -0.05) is 28.9 Å². The fourth-order valence-electron chi connectivity index (χ4n) is 0.462. The molecule has 0 radical (unpaired) electrons. The van der Waals surface area contributed by atoms with Crippen molar-refractivity contribution in [3.63, 3.8) is 0 Å². The average Bonchev–Trinajstić information content (AvgIpc) is 1.97. The molecule has 0 N–H and O–H groups in total. The standard InChI is InChI=1S/C8H13BrO2/c1-3-6-11-8(10)5-4-7(2)9/h4-5,7H,3,6H2,1-2H3/b5-4+. The molecule has 0 aromatic heterocycles. The Morgan fingerprint density at radius 3 is 2.82 bits per heavy atom. The Balaban J connectivity index is 3.51. The van der Waals surface area contributed by atoms with Gasteiger partial charge in [-0.2, -0.15) is 0 Å². The number of rotatable bonds is 4. The molecule has 0 aliphatic carbocycles. The van der Waals surface area contributed by atoms with Crippen LogP contribution < -0.4 is 0 Å². The molecule has 0 saturated heterocycles. The van der Waals surface area contributed by atoms with Crippen LogP contribution in [0.15, 0.2) is 12.2 Å². The number of hydrogen-bond donors (Lipinski definition) is 0. The Kier molecular flexibility index (Phi) is 6.22. The normalized spacial score (nSPS) is 13.4. The molecule has 0 fully saturated rings. The lowest BCUT2D eigenvalue weighted by atomic mass is 10.4. The molecule has 64 valence electrons. The lowest BCUT2D eigenvalue weighted by Gasteiger charge is -1.97. The van der Waals surface area contributed by atoms with Crippen molar-refractivity contribution in [1.29, 1.82) is 0 Å². The molecule has 0 aliphatic heterocycles. The summed E-state index contributed by atoms with van der Waals surface area (Å²) in [6.07, 6.45) is 4.05. The molecule has 0 aromatic carbocycles. The van der Waals surface area contributed by atoms with E-state index in [4.69, 9.17) is 4.74 Å². The van der Waals surface area contributed by atoms with E-state index in [2.05, 4.69) is 15.9 Å². The number of hydrogen-bond acceptors (Lipinski definition) is 2. The molecule has 2 nitrogen and oxygen atoms in total. The predicted octanol–water partition coefficient (Wildman–Crippen LogP) is 2.28. The van der Waals surface area contributed by atoms with E-state index in [-0.39, 0.29) is 10.8 Å². The van der Waals surface area contributed by atoms with Gasteiger partial charge < -0.3 is 4.74 Å². The maximum absolute atomic E-state index is 10.8.